The highest BCUT2D eigenvalue weighted by Gasteiger charge is 2.19. The summed E-state index contributed by atoms with van der Waals surface area (Å²) >= 11 is 2.79. The van der Waals surface area contributed by atoms with Crippen LogP contribution in [0.25, 0.3) is 0 Å². The van der Waals surface area contributed by atoms with Crippen molar-refractivity contribution in [3.8, 4) is 0 Å². The third-order valence-corrected chi connectivity index (χ3v) is 2.02. The first-order valence-electron chi connectivity index (χ1n) is 3.24. The molecule has 0 saturated carbocycles. The molecule has 13 heavy (non-hydrogen) atoms. The van der Waals surface area contributed by atoms with Crippen molar-refractivity contribution in [2.75, 3.05) is 0 Å². The summed E-state index contributed by atoms with van der Waals surface area (Å²) in [5.74, 6) is -1.04. The Hall–Kier alpha value is -1.04. The number of nitro groups is 1. The Bertz CT molecular complexity index is 333. The molecule has 0 spiro atoms. The topological polar surface area (TPSA) is 43.1 Å². The summed E-state index contributed by atoms with van der Waals surface area (Å²) < 4.78 is 24.9. The minimum atomic E-state index is -1.04. The van der Waals surface area contributed by atoms with Gasteiger partial charge in [-0.3, -0.25) is 10.1 Å². The molecule has 0 heterocycles. The number of halogens is 3. The van der Waals surface area contributed by atoms with Crippen LogP contribution in [0.5, 0.6) is 0 Å². The SMILES string of the molecule is O=[N+]([O-])c1c(F)cc(CF)cc1Br. The Balaban J connectivity index is 3.31. The molecule has 1 aromatic carbocycles. The predicted octanol–water partition coefficient (Wildman–Crippen LogP) is 2.97. The zero-order chi connectivity index (χ0) is 10.0. The lowest BCUT2D eigenvalue weighted by molar-refractivity contribution is -0.388. The average molecular weight is 252 g/mol. The fraction of sp³-hybridized carbons (Fsp3) is 0.143. The van der Waals surface area contributed by atoms with Gasteiger partial charge in [0.15, 0.2) is 0 Å². The van der Waals surface area contributed by atoms with Gasteiger partial charge in [0.1, 0.15) is 6.67 Å². The van der Waals surface area contributed by atoms with Crippen LogP contribution in [-0.2, 0) is 6.67 Å². The Morgan fingerprint density at radius 1 is 1.54 bits per heavy atom. The number of hydrogen-bond acceptors (Lipinski definition) is 2. The molecule has 0 atom stereocenters. The highest BCUT2D eigenvalue weighted by molar-refractivity contribution is 9.10. The van der Waals surface area contributed by atoms with Gasteiger partial charge in [-0.2, -0.15) is 4.39 Å². The van der Waals surface area contributed by atoms with E-state index in [1.165, 1.54) is 6.07 Å². The molecule has 0 N–H and O–H groups in total. The van der Waals surface area contributed by atoms with Crippen molar-refractivity contribution in [1.82, 2.24) is 0 Å². The zero-order valence-electron chi connectivity index (χ0n) is 6.26. The first-order valence-corrected chi connectivity index (χ1v) is 4.04. The van der Waals surface area contributed by atoms with Crippen LogP contribution in [0.4, 0.5) is 14.5 Å². The van der Waals surface area contributed by atoms with Gasteiger partial charge in [-0.15, -0.1) is 0 Å². The van der Waals surface area contributed by atoms with Gasteiger partial charge in [-0.1, -0.05) is 0 Å². The molecule has 0 saturated heterocycles. The lowest BCUT2D eigenvalue weighted by Crippen LogP contribution is -1.95. The number of alkyl halides is 1. The molecule has 0 aliphatic carbocycles. The first kappa shape index (κ1) is 10.0. The van der Waals surface area contributed by atoms with Crippen LogP contribution >= 0.6 is 15.9 Å². The predicted molar refractivity (Wildman–Crippen MR) is 45.6 cm³/mol. The monoisotopic (exact) mass is 251 g/mol. The van der Waals surface area contributed by atoms with E-state index in [4.69, 9.17) is 0 Å². The van der Waals surface area contributed by atoms with Gasteiger partial charge in [-0.25, -0.2) is 4.39 Å². The summed E-state index contributed by atoms with van der Waals surface area (Å²) in [5, 5.41) is 10.3. The Morgan fingerprint density at radius 2 is 2.15 bits per heavy atom. The molecule has 70 valence electrons. The fourth-order valence-corrected chi connectivity index (χ4v) is 1.50. The maximum atomic E-state index is 12.9. The molecule has 0 aliphatic rings. The first-order chi connectivity index (χ1) is 6.06. The highest BCUT2D eigenvalue weighted by Crippen LogP contribution is 2.29. The molecule has 0 unspecified atom stereocenters. The number of nitrogens with zero attached hydrogens (tertiary/aromatic N) is 1. The van der Waals surface area contributed by atoms with Crippen LogP contribution in [0.2, 0.25) is 0 Å². The zero-order valence-corrected chi connectivity index (χ0v) is 7.85. The molecule has 0 fully saturated rings. The molecule has 1 aromatic rings. The summed E-state index contributed by atoms with van der Waals surface area (Å²) in [6.07, 6.45) is 0. The van der Waals surface area contributed by atoms with Crippen molar-refractivity contribution in [1.29, 1.82) is 0 Å². The van der Waals surface area contributed by atoms with Crippen molar-refractivity contribution < 1.29 is 13.7 Å². The molecule has 0 radical (unpaired) electrons. The molecule has 0 amide bonds. The van der Waals surface area contributed by atoms with E-state index < -0.39 is 23.1 Å². The van der Waals surface area contributed by atoms with Crippen molar-refractivity contribution in [3.63, 3.8) is 0 Å². The molecular weight excluding hydrogens is 248 g/mol. The van der Waals surface area contributed by atoms with Crippen LogP contribution in [0.15, 0.2) is 16.6 Å². The molecular formula is C7H4BrF2NO2. The fourth-order valence-electron chi connectivity index (χ4n) is 0.870. The average Bonchev–Trinajstić information content (AvgIpc) is 2.02. The maximum Gasteiger partial charge on any atom is 0.318 e. The minimum Gasteiger partial charge on any atom is -0.258 e. The van der Waals surface area contributed by atoms with E-state index in [0.29, 0.717) is 0 Å². The summed E-state index contributed by atoms with van der Waals surface area (Å²) in [4.78, 5) is 9.42. The lowest BCUT2D eigenvalue weighted by atomic mass is 10.2. The van der Waals surface area contributed by atoms with Gasteiger partial charge in [-0.05, 0) is 33.6 Å². The summed E-state index contributed by atoms with van der Waals surface area (Å²) in [5.41, 5.74) is -0.604. The molecule has 1 rings (SSSR count). The second-order valence-electron chi connectivity index (χ2n) is 2.30. The van der Waals surface area contributed by atoms with Crippen LogP contribution < -0.4 is 0 Å². The Labute approximate surface area is 80.6 Å². The summed E-state index contributed by atoms with van der Waals surface area (Å²) in [7, 11) is 0. The standard InChI is InChI=1S/C7H4BrF2NO2/c8-5-1-4(3-9)2-6(10)7(5)11(12)13/h1-2H,3H2. The van der Waals surface area contributed by atoms with E-state index >= 15 is 0 Å². The van der Waals surface area contributed by atoms with E-state index in [-0.39, 0.29) is 10.0 Å². The van der Waals surface area contributed by atoms with Crippen LogP contribution in [0, 0.1) is 15.9 Å². The Kier molecular flexibility index (Phi) is 2.92. The van der Waals surface area contributed by atoms with E-state index in [0.717, 1.165) is 6.07 Å². The molecule has 3 nitrogen and oxygen atoms in total. The molecule has 0 aromatic heterocycles. The molecule has 0 aliphatic heterocycles. The van der Waals surface area contributed by atoms with E-state index in [2.05, 4.69) is 15.9 Å². The minimum absolute atomic E-state index is 0.0508. The second kappa shape index (κ2) is 3.78. The van der Waals surface area contributed by atoms with E-state index in [1.807, 2.05) is 0 Å². The van der Waals surface area contributed by atoms with Gasteiger partial charge in [0.05, 0.1) is 9.40 Å². The third kappa shape index (κ3) is 2.00. The second-order valence-corrected chi connectivity index (χ2v) is 3.15. The van der Waals surface area contributed by atoms with Crippen molar-refractivity contribution >= 4 is 21.6 Å². The normalized spacial score (nSPS) is 10.1. The lowest BCUT2D eigenvalue weighted by Gasteiger charge is -1.99. The van der Waals surface area contributed by atoms with Gasteiger partial charge < -0.3 is 0 Å². The molecule has 0 bridgehead atoms. The van der Waals surface area contributed by atoms with Crippen molar-refractivity contribution in [3.05, 3.63) is 38.1 Å². The molecule has 6 heteroatoms. The van der Waals surface area contributed by atoms with Gasteiger partial charge in [0, 0.05) is 0 Å². The van der Waals surface area contributed by atoms with Crippen molar-refractivity contribution in [2.45, 2.75) is 6.67 Å². The van der Waals surface area contributed by atoms with Crippen LogP contribution in [0.3, 0.4) is 0 Å². The van der Waals surface area contributed by atoms with Gasteiger partial charge >= 0.3 is 5.69 Å². The van der Waals surface area contributed by atoms with Gasteiger partial charge in [0.2, 0.25) is 5.82 Å². The smallest absolute Gasteiger partial charge is 0.258 e. The number of rotatable bonds is 2. The largest absolute Gasteiger partial charge is 0.318 e. The van der Waals surface area contributed by atoms with Gasteiger partial charge in [0.25, 0.3) is 0 Å². The Morgan fingerprint density at radius 3 is 2.54 bits per heavy atom. The maximum absolute atomic E-state index is 12.9. The van der Waals surface area contributed by atoms with E-state index in [1.54, 1.807) is 0 Å². The van der Waals surface area contributed by atoms with Crippen LogP contribution in [-0.4, -0.2) is 4.92 Å². The number of benzene rings is 1. The summed E-state index contributed by atoms with van der Waals surface area (Å²) in [6, 6.07) is 1.99. The van der Waals surface area contributed by atoms with Crippen molar-refractivity contribution in [2.24, 2.45) is 0 Å². The quantitative estimate of drug-likeness (QED) is 0.599. The van der Waals surface area contributed by atoms with E-state index in [9.17, 15) is 18.9 Å². The summed E-state index contributed by atoms with van der Waals surface area (Å²) in [6.45, 7) is -0.854. The third-order valence-electron chi connectivity index (χ3n) is 1.41. The number of hydrogen-bond donors (Lipinski definition) is 0. The highest BCUT2D eigenvalue weighted by atomic mass is 79.9. The number of nitro benzene ring substituents is 1. The van der Waals surface area contributed by atoms with Crippen LogP contribution in [0.1, 0.15) is 5.56 Å².